The van der Waals surface area contributed by atoms with E-state index >= 15 is 0 Å². The van der Waals surface area contributed by atoms with Gasteiger partial charge in [-0.05, 0) is 36.4 Å². The predicted octanol–water partition coefficient (Wildman–Crippen LogP) is 2.92. The second kappa shape index (κ2) is 4.12. The van der Waals surface area contributed by atoms with E-state index in [1.54, 1.807) is 4.90 Å². The number of aromatic nitrogens is 1. The summed E-state index contributed by atoms with van der Waals surface area (Å²) >= 11 is 0. The number of carbonyl (C=O) groups excluding carboxylic acids is 1. The molecule has 3 aromatic rings. The average molecular weight is 277 g/mol. The number of rotatable bonds is 1. The van der Waals surface area contributed by atoms with Crippen LogP contribution in [-0.4, -0.2) is 10.5 Å². The number of nitrogen functional groups attached to an aromatic ring is 1. The molecule has 0 spiro atoms. The molecule has 0 radical (unpaired) electrons. The molecular weight excluding hydrogens is 262 g/mol. The third-order valence-electron chi connectivity index (χ3n) is 4.18. The lowest BCUT2D eigenvalue weighted by Crippen LogP contribution is -2.22. The van der Waals surface area contributed by atoms with Crippen LogP contribution >= 0.6 is 0 Å². The first kappa shape index (κ1) is 12.0. The fourth-order valence-electron chi connectivity index (χ4n) is 3.00. The molecule has 0 saturated heterocycles. The minimum atomic E-state index is 0.0209. The van der Waals surface area contributed by atoms with Gasteiger partial charge in [-0.3, -0.25) is 4.79 Å². The number of hydrogen-bond acceptors (Lipinski definition) is 2. The van der Waals surface area contributed by atoms with Crippen molar-refractivity contribution in [2.45, 2.75) is 6.54 Å². The van der Waals surface area contributed by atoms with E-state index < -0.39 is 0 Å². The van der Waals surface area contributed by atoms with Crippen molar-refractivity contribution in [3.8, 4) is 0 Å². The Bertz CT molecular complexity index is 879. The Kier molecular flexibility index (Phi) is 2.36. The zero-order valence-corrected chi connectivity index (χ0v) is 11.7. The highest BCUT2D eigenvalue weighted by Gasteiger charge is 2.29. The Morgan fingerprint density at radius 3 is 2.81 bits per heavy atom. The van der Waals surface area contributed by atoms with E-state index in [-0.39, 0.29) is 5.91 Å². The number of amides is 1. The van der Waals surface area contributed by atoms with Crippen LogP contribution in [0.4, 0.5) is 11.4 Å². The summed E-state index contributed by atoms with van der Waals surface area (Å²) in [6, 6.07) is 13.7. The first-order valence-corrected chi connectivity index (χ1v) is 6.89. The van der Waals surface area contributed by atoms with Gasteiger partial charge in [-0.2, -0.15) is 0 Å². The van der Waals surface area contributed by atoms with E-state index in [9.17, 15) is 4.79 Å². The molecule has 0 saturated carbocycles. The van der Waals surface area contributed by atoms with Crippen LogP contribution < -0.4 is 10.6 Å². The summed E-state index contributed by atoms with van der Waals surface area (Å²) in [4.78, 5) is 14.3. The zero-order chi connectivity index (χ0) is 14.6. The van der Waals surface area contributed by atoms with Gasteiger partial charge in [0.15, 0.2) is 0 Å². The summed E-state index contributed by atoms with van der Waals surface area (Å²) in [5, 5.41) is 1.13. The van der Waals surface area contributed by atoms with Gasteiger partial charge in [0.05, 0.1) is 6.54 Å². The van der Waals surface area contributed by atoms with E-state index in [0.29, 0.717) is 17.8 Å². The molecule has 0 aliphatic carbocycles. The molecule has 0 unspecified atom stereocenters. The highest BCUT2D eigenvalue weighted by molar-refractivity contribution is 6.11. The highest BCUT2D eigenvalue weighted by Crippen LogP contribution is 2.33. The van der Waals surface area contributed by atoms with E-state index in [0.717, 1.165) is 22.2 Å². The lowest BCUT2D eigenvalue weighted by atomic mass is 10.1. The Hall–Kier alpha value is -2.75. The molecule has 2 heterocycles. The van der Waals surface area contributed by atoms with Crippen molar-refractivity contribution >= 4 is 28.2 Å². The lowest BCUT2D eigenvalue weighted by molar-refractivity contribution is 0.0996. The summed E-state index contributed by atoms with van der Waals surface area (Å²) in [7, 11) is 2.01. The molecule has 2 aromatic carbocycles. The highest BCUT2D eigenvalue weighted by atomic mass is 16.2. The van der Waals surface area contributed by atoms with Gasteiger partial charge in [0, 0.05) is 46.6 Å². The quantitative estimate of drug-likeness (QED) is 0.695. The van der Waals surface area contributed by atoms with Crippen molar-refractivity contribution in [3.05, 3.63) is 59.8 Å². The molecule has 0 bridgehead atoms. The SMILES string of the molecule is Cn1ccc2cc(N3Cc4c(N)cccc4C3=O)ccc21. The molecule has 21 heavy (non-hydrogen) atoms. The maximum absolute atomic E-state index is 12.6. The van der Waals surface area contributed by atoms with Crippen molar-refractivity contribution in [2.75, 3.05) is 10.6 Å². The van der Waals surface area contributed by atoms with Crippen LogP contribution in [0.25, 0.3) is 10.9 Å². The fraction of sp³-hybridized carbons (Fsp3) is 0.118. The monoisotopic (exact) mass is 277 g/mol. The first-order chi connectivity index (χ1) is 10.1. The van der Waals surface area contributed by atoms with Crippen molar-refractivity contribution < 1.29 is 4.79 Å². The van der Waals surface area contributed by atoms with Crippen molar-refractivity contribution in [2.24, 2.45) is 7.05 Å². The van der Waals surface area contributed by atoms with Crippen LogP contribution in [0.5, 0.6) is 0 Å². The summed E-state index contributed by atoms with van der Waals surface area (Å²) in [5.41, 5.74) is 10.4. The lowest BCUT2D eigenvalue weighted by Gasteiger charge is -2.16. The number of carbonyl (C=O) groups is 1. The predicted molar refractivity (Wildman–Crippen MR) is 84.3 cm³/mol. The molecular formula is C17H15N3O. The maximum Gasteiger partial charge on any atom is 0.259 e. The number of nitrogens with zero attached hydrogens (tertiary/aromatic N) is 2. The number of nitrogens with two attached hydrogens (primary N) is 1. The standard InChI is InChI=1S/C17H15N3O/c1-19-8-7-11-9-12(5-6-16(11)19)20-10-14-13(17(20)21)3-2-4-15(14)18/h2-9H,10,18H2,1H3. The molecule has 1 aromatic heterocycles. The minimum absolute atomic E-state index is 0.0209. The number of anilines is 2. The Morgan fingerprint density at radius 1 is 1.14 bits per heavy atom. The van der Waals surface area contributed by atoms with Crippen LogP contribution in [0.15, 0.2) is 48.7 Å². The molecule has 4 nitrogen and oxygen atoms in total. The zero-order valence-electron chi connectivity index (χ0n) is 11.7. The van der Waals surface area contributed by atoms with Crippen molar-refractivity contribution in [1.82, 2.24) is 4.57 Å². The van der Waals surface area contributed by atoms with E-state index in [2.05, 4.69) is 16.7 Å². The molecule has 1 aliphatic heterocycles. The van der Waals surface area contributed by atoms with Gasteiger partial charge in [0.25, 0.3) is 5.91 Å². The van der Waals surface area contributed by atoms with Gasteiger partial charge in [-0.25, -0.2) is 0 Å². The molecule has 1 amide bonds. The van der Waals surface area contributed by atoms with Crippen molar-refractivity contribution in [3.63, 3.8) is 0 Å². The minimum Gasteiger partial charge on any atom is -0.398 e. The Labute approximate surface area is 122 Å². The van der Waals surface area contributed by atoms with Crippen LogP contribution in [-0.2, 0) is 13.6 Å². The molecule has 4 heteroatoms. The molecule has 104 valence electrons. The molecule has 0 fully saturated rings. The second-order valence-electron chi connectivity index (χ2n) is 5.43. The van der Waals surface area contributed by atoms with Crippen LogP contribution in [0, 0.1) is 0 Å². The molecule has 1 aliphatic rings. The van der Waals surface area contributed by atoms with Crippen LogP contribution in [0.2, 0.25) is 0 Å². The second-order valence-corrected chi connectivity index (χ2v) is 5.43. The smallest absolute Gasteiger partial charge is 0.259 e. The van der Waals surface area contributed by atoms with E-state index in [4.69, 9.17) is 5.73 Å². The average Bonchev–Trinajstić information content (AvgIpc) is 3.02. The van der Waals surface area contributed by atoms with Gasteiger partial charge >= 0.3 is 0 Å². The summed E-state index contributed by atoms with van der Waals surface area (Å²) in [6.45, 7) is 0.541. The molecule has 0 atom stereocenters. The number of benzene rings is 2. The number of hydrogen-bond donors (Lipinski definition) is 1. The Balaban J connectivity index is 1.80. The number of aryl methyl sites for hydroxylation is 1. The normalized spacial score (nSPS) is 14.0. The topological polar surface area (TPSA) is 51.3 Å². The largest absolute Gasteiger partial charge is 0.398 e. The summed E-state index contributed by atoms with van der Waals surface area (Å²) in [5.74, 6) is 0.0209. The van der Waals surface area contributed by atoms with Crippen LogP contribution in [0.3, 0.4) is 0 Å². The fourth-order valence-corrected chi connectivity index (χ4v) is 3.00. The summed E-state index contributed by atoms with van der Waals surface area (Å²) < 4.78 is 2.07. The molecule has 4 rings (SSSR count). The first-order valence-electron chi connectivity index (χ1n) is 6.89. The third kappa shape index (κ3) is 1.65. The van der Waals surface area contributed by atoms with Crippen molar-refractivity contribution in [1.29, 1.82) is 0 Å². The van der Waals surface area contributed by atoms with Gasteiger partial charge < -0.3 is 15.2 Å². The van der Waals surface area contributed by atoms with Gasteiger partial charge in [-0.1, -0.05) is 6.07 Å². The maximum atomic E-state index is 12.6. The molecule has 2 N–H and O–H groups in total. The Morgan fingerprint density at radius 2 is 2.00 bits per heavy atom. The van der Waals surface area contributed by atoms with Gasteiger partial charge in [0.1, 0.15) is 0 Å². The van der Waals surface area contributed by atoms with Gasteiger partial charge in [0.2, 0.25) is 0 Å². The van der Waals surface area contributed by atoms with Gasteiger partial charge in [-0.15, -0.1) is 0 Å². The summed E-state index contributed by atoms with van der Waals surface area (Å²) in [6.07, 6.45) is 2.02. The van der Waals surface area contributed by atoms with E-state index in [1.807, 2.05) is 43.6 Å². The van der Waals surface area contributed by atoms with Crippen LogP contribution in [0.1, 0.15) is 15.9 Å². The van der Waals surface area contributed by atoms with E-state index in [1.165, 1.54) is 0 Å². The number of fused-ring (bicyclic) bond motifs is 2. The third-order valence-corrected chi connectivity index (χ3v) is 4.18.